The molecule has 2 amide bonds. The molecule has 154 valence electrons. The van der Waals surface area contributed by atoms with E-state index in [2.05, 4.69) is 31.0 Å². The standard InChI is InChI=1S/C21H20F2N6O/c22-18-8-7-16(11-19(18)23)27-21(30)26-15-5-3-14(4-6-15)25-20-12-17(13-24-28-20)29-9-1-2-10-29/h3-8,11-13H,1-2,9-10H2,(H,25,28)(H2,26,27,30). The number of hydrogen-bond acceptors (Lipinski definition) is 5. The minimum Gasteiger partial charge on any atom is -0.370 e. The molecule has 0 aliphatic carbocycles. The SMILES string of the molecule is O=C(Nc1ccc(Nc2cc(N3CCCC3)cnn2)cc1)Nc1ccc(F)c(F)c1. The number of nitrogens with one attached hydrogen (secondary N) is 3. The van der Waals surface area contributed by atoms with Gasteiger partial charge in [0.25, 0.3) is 0 Å². The minimum atomic E-state index is -1.03. The minimum absolute atomic E-state index is 0.154. The number of halogens is 2. The molecule has 30 heavy (non-hydrogen) atoms. The third-order valence-electron chi connectivity index (χ3n) is 4.70. The average Bonchev–Trinajstić information content (AvgIpc) is 3.27. The number of urea groups is 1. The molecular weight excluding hydrogens is 390 g/mol. The fourth-order valence-electron chi connectivity index (χ4n) is 3.22. The van der Waals surface area contributed by atoms with Crippen LogP contribution in [-0.4, -0.2) is 29.3 Å². The maximum atomic E-state index is 13.2. The van der Waals surface area contributed by atoms with Crippen LogP contribution in [0.1, 0.15) is 12.8 Å². The zero-order chi connectivity index (χ0) is 20.9. The summed E-state index contributed by atoms with van der Waals surface area (Å²) < 4.78 is 26.2. The van der Waals surface area contributed by atoms with Crippen molar-refractivity contribution in [2.24, 2.45) is 0 Å². The zero-order valence-electron chi connectivity index (χ0n) is 16.0. The van der Waals surface area contributed by atoms with Crippen LogP contribution in [0.2, 0.25) is 0 Å². The summed E-state index contributed by atoms with van der Waals surface area (Å²) in [7, 11) is 0. The van der Waals surface area contributed by atoms with Crippen molar-refractivity contribution in [3.05, 3.63) is 66.4 Å². The molecule has 1 fully saturated rings. The van der Waals surface area contributed by atoms with Gasteiger partial charge in [-0.2, -0.15) is 5.10 Å². The first kappa shape index (κ1) is 19.6. The Hall–Kier alpha value is -3.75. The van der Waals surface area contributed by atoms with Gasteiger partial charge in [0.05, 0.1) is 11.9 Å². The first-order valence-corrected chi connectivity index (χ1v) is 9.55. The predicted octanol–water partition coefficient (Wildman–Crippen LogP) is 4.74. The van der Waals surface area contributed by atoms with Crippen molar-refractivity contribution in [3.63, 3.8) is 0 Å². The van der Waals surface area contributed by atoms with E-state index >= 15 is 0 Å². The highest BCUT2D eigenvalue weighted by atomic mass is 19.2. The molecule has 0 atom stereocenters. The van der Waals surface area contributed by atoms with Gasteiger partial charge in [-0.1, -0.05) is 0 Å². The lowest BCUT2D eigenvalue weighted by molar-refractivity contribution is 0.262. The highest BCUT2D eigenvalue weighted by Gasteiger charge is 2.13. The zero-order valence-corrected chi connectivity index (χ0v) is 16.0. The van der Waals surface area contributed by atoms with Crippen molar-refractivity contribution >= 4 is 34.6 Å². The molecule has 9 heteroatoms. The smallest absolute Gasteiger partial charge is 0.323 e. The van der Waals surface area contributed by atoms with Crippen LogP contribution in [0.4, 0.5) is 42.1 Å². The Labute approximate surface area is 172 Å². The van der Waals surface area contributed by atoms with E-state index in [1.54, 1.807) is 30.5 Å². The Kier molecular flexibility index (Phi) is 5.69. The molecular formula is C21H20F2N6O. The average molecular weight is 410 g/mol. The summed E-state index contributed by atoms with van der Waals surface area (Å²) in [4.78, 5) is 14.3. The summed E-state index contributed by atoms with van der Waals surface area (Å²) in [5.74, 6) is -1.36. The highest BCUT2D eigenvalue weighted by molar-refractivity contribution is 5.99. The third-order valence-corrected chi connectivity index (χ3v) is 4.70. The summed E-state index contributed by atoms with van der Waals surface area (Å²) >= 11 is 0. The van der Waals surface area contributed by atoms with Crippen LogP contribution in [-0.2, 0) is 0 Å². The fourth-order valence-corrected chi connectivity index (χ4v) is 3.22. The predicted molar refractivity (Wildman–Crippen MR) is 112 cm³/mol. The molecule has 0 radical (unpaired) electrons. The van der Waals surface area contributed by atoms with E-state index in [9.17, 15) is 13.6 Å². The van der Waals surface area contributed by atoms with E-state index in [1.807, 2.05) is 6.07 Å². The molecule has 7 nitrogen and oxygen atoms in total. The van der Waals surface area contributed by atoms with Gasteiger partial charge in [0.15, 0.2) is 17.5 Å². The molecule has 0 unspecified atom stereocenters. The van der Waals surface area contributed by atoms with Crippen LogP contribution in [0, 0.1) is 11.6 Å². The van der Waals surface area contributed by atoms with Crippen molar-refractivity contribution in [3.8, 4) is 0 Å². The van der Waals surface area contributed by atoms with Gasteiger partial charge < -0.3 is 20.9 Å². The largest absolute Gasteiger partial charge is 0.370 e. The summed E-state index contributed by atoms with van der Waals surface area (Å²) in [6.45, 7) is 2.05. The van der Waals surface area contributed by atoms with Crippen molar-refractivity contribution in [1.82, 2.24) is 10.2 Å². The van der Waals surface area contributed by atoms with Crippen LogP contribution in [0.5, 0.6) is 0 Å². The molecule has 0 bridgehead atoms. The highest BCUT2D eigenvalue weighted by Crippen LogP contribution is 2.23. The third kappa shape index (κ3) is 4.80. The van der Waals surface area contributed by atoms with Gasteiger partial charge in [-0.3, -0.25) is 0 Å². The Bertz CT molecular complexity index is 1040. The van der Waals surface area contributed by atoms with Gasteiger partial charge in [-0.05, 0) is 49.2 Å². The van der Waals surface area contributed by atoms with E-state index in [4.69, 9.17) is 0 Å². The number of hydrogen-bond donors (Lipinski definition) is 3. The number of benzene rings is 2. The Morgan fingerprint density at radius 3 is 2.27 bits per heavy atom. The van der Waals surface area contributed by atoms with Crippen molar-refractivity contribution in [2.45, 2.75) is 12.8 Å². The van der Waals surface area contributed by atoms with Crippen LogP contribution in [0.15, 0.2) is 54.7 Å². The van der Waals surface area contributed by atoms with Crippen molar-refractivity contribution in [2.75, 3.05) is 33.9 Å². The summed E-state index contributed by atoms with van der Waals surface area (Å²) in [5, 5.41) is 16.5. The maximum Gasteiger partial charge on any atom is 0.323 e. The first-order chi connectivity index (χ1) is 14.6. The summed E-state index contributed by atoms with van der Waals surface area (Å²) in [6.07, 6.45) is 4.13. The van der Waals surface area contributed by atoms with Gasteiger partial charge in [-0.25, -0.2) is 13.6 Å². The molecule has 0 spiro atoms. The lowest BCUT2D eigenvalue weighted by Crippen LogP contribution is -2.19. The van der Waals surface area contributed by atoms with Crippen LogP contribution < -0.4 is 20.9 Å². The second-order valence-corrected chi connectivity index (χ2v) is 6.90. The van der Waals surface area contributed by atoms with Gasteiger partial charge in [0, 0.05) is 42.3 Å². The van der Waals surface area contributed by atoms with E-state index in [0.717, 1.165) is 36.6 Å². The second-order valence-electron chi connectivity index (χ2n) is 6.90. The number of carbonyl (C=O) groups is 1. The molecule has 4 rings (SSSR count). The fraction of sp³-hybridized carbons (Fsp3) is 0.190. The number of aromatic nitrogens is 2. The van der Waals surface area contributed by atoms with E-state index in [-0.39, 0.29) is 5.69 Å². The molecule has 1 aliphatic heterocycles. The van der Waals surface area contributed by atoms with Crippen molar-refractivity contribution < 1.29 is 13.6 Å². The van der Waals surface area contributed by atoms with Gasteiger partial charge in [0.1, 0.15) is 0 Å². The molecule has 0 saturated carbocycles. The van der Waals surface area contributed by atoms with E-state index in [1.165, 1.54) is 18.9 Å². The lowest BCUT2D eigenvalue weighted by Gasteiger charge is -2.17. The maximum absolute atomic E-state index is 13.2. The Morgan fingerprint density at radius 2 is 1.53 bits per heavy atom. The molecule has 2 aromatic carbocycles. The molecule has 1 aromatic heterocycles. The van der Waals surface area contributed by atoms with E-state index in [0.29, 0.717) is 11.5 Å². The van der Waals surface area contributed by atoms with Crippen LogP contribution in [0.25, 0.3) is 0 Å². The molecule has 2 heterocycles. The van der Waals surface area contributed by atoms with E-state index < -0.39 is 17.7 Å². The lowest BCUT2D eigenvalue weighted by atomic mass is 10.2. The summed E-state index contributed by atoms with van der Waals surface area (Å²) in [5.41, 5.74) is 2.52. The molecule has 3 aromatic rings. The second kappa shape index (κ2) is 8.73. The Balaban J connectivity index is 1.35. The van der Waals surface area contributed by atoms with Gasteiger partial charge >= 0.3 is 6.03 Å². The number of carbonyl (C=O) groups excluding carboxylic acids is 1. The quantitative estimate of drug-likeness (QED) is 0.566. The molecule has 3 N–H and O–H groups in total. The van der Waals surface area contributed by atoms with Crippen LogP contribution in [0.3, 0.4) is 0 Å². The normalized spacial score (nSPS) is 13.2. The van der Waals surface area contributed by atoms with Gasteiger partial charge in [0.2, 0.25) is 0 Å². The van der Waals surface area contributed by atoms with Gasteiger partial charge in [-0.15, -0.1) is 5.10 Å². The molecule has 1 saturated heterocycles. The summed E-state index contributed by atoms with van der Waals surface area (Å²) in [6, 6.07) is 11.5. The first-order valence-electron chi connectivity index (χ1n) is 9.55. The Morgan fingerprint density at radius 1 is 0.867 bits per heavy atom. The number of nitrogens with zero attached hydrogens (tertiary/aromatic N) is 3. The van der Waals surface area contributed by atoms with Crippen molar-refractivity contribution in [1.29, 1.82) is 0 Å². The number of amides is 2. The van der Waals surface area contributed by atoms with Crippen LogP contribution >= 0.6 is 0 Å². The number of rotatable bonds is 5. The topological polar surface area (TPSA) is 82.2 Å². The monoisotopic (exact) mass is 410 g/mol. The molecule has 1 aliphatic rings. The number of anilines is 5.